The lowest BCUT2D eigenvalue weighted by Gasteiger charge is -2.30. The summed E-state index contributed by atoms with van der Waals surface area (Å²) in [5, 5.41) is 11.5. The number of nitrogens with one attached hydrogen (secondary N) is 1. The molecule has 0 unspecified atom stereocenters. The SMILES string of the molecule is CC1(C)C(=O)Nc2cccc(C(=O)O)c2S1(=O)=O. The van der Waals surface area contributed by atoms with E-state index < -0.39 is 26.5 Å². The first-order valence-corrected chi connectivity index (χ1v) is 6.60. The number of benzene rings is 1. The fourth-order valence-electron chi connectivity index (χ4n) is 1.74. The zero-order valence-electron chi connectivity index (χ0n) is 9.72. The number of anilines is 1. The number of sulfone groups is 1. The van der Waals surface area contributed by atoms with Crippen LogP contribution in [0.4, 0.5) is 5.69 Å². The summed E-state index contributed by atoms with van der Waals surface area (Å²) in [6.45, 7) is 2.50. The zero-order chi connectivity index (χ0) is 13.7. The third-order valence-corrected chi connectivity index (χ3v) is 5.49. The van der Waals surface area contributed by atoms with Crippen molar-refractivity contribution in [3.63, 3.8) is 0 Å². The van der Waals surface area contributed by atoms with E-state index in [0.717, 1.165) is 0 Å². The second kappa shape index (κ2) is 3.55. The fraction of sp³-hybridized carbons (Fsp3) is 0.273. The molecule has 1 aliphatic heterocycles. The third-order valence-electron chi connectivity index (χ3n) is 2.98. The van der Waals surface area contributed by atoms with Crippen molar-refractivity contribution in [2.75, 3.05) is 5.32 Å². The summed E-state index contributed by atoms with van der Waals surface area (Å²) >= 11 is 0. The van der Waals surface area contributed by atoms with Crippen molar-refractivity contribution in [3.8, 4) is 0 Å². The second-order valence-electron chi connectivity index (χ2n) is 4.46. The van der Waals surface area contributed by atoms with Gasteiger partial charge in [-0.1, -0.05) is 6.07 Å². The Morgan fingerprint density at radius 1 is 1.33 bits per heavy atom. The van der Waals surface area contributed by atoms with Crippen LogP contribution in [0.5, 0.6) is 0 Å². The average molecular weight is 269 g/mol. The summed E-state index contributed by atoms with van der Waals surface area (Å²) in [4.78, 5) is 22.5. The van der Waals surface area contributed by atoms with Gasteiger partial charge in [0.15, 0.2) is 9.84 Å². The van der Waals surface area contributed by atoms with E-state index in [4.69, 9.17) is 5.11 Å². The van der Waals surface area contributed by atoms with E-state index >= 15 is 0 Å². The van der Waals surface area contributed by atoms with Crippen LogP contribution in [-0.2, 0) is 14.6 Å². The summed E-state index contributed by atoms with van der Waals surface area (Å²) in [5.41, 5.74) is -0.320. The number of hydrogen-bond acceptors (Lipinski definition) is 4. The van der Waals surface area contributed by atoms with Gasteiger partial charge in [-0.05, 0) is 26.0 Å². The molecule has 1 aromatic rings. The highest BCUT2D eigenvalue weighted by atomic mass is 32.2. The van der Waals surface area contributed by atoms with Crippen molar-refractivity contribution in [2.45, 2.75) is 23.5 Å². The molecule has 6 nitrogen and oxygen atoms in total. The highest BCUT2D eigenvalue weighted by Gasteiger charge is 2.49. The van der Waals surface area contributed by atoms with E-state index in [1.165, 1.54) is 32.0 Å². The number of carboxylic acid groups (broad SMARTS) is 1. The smallest absolute Gasteiger partial charge is 0.337 e. The van der Waals surface area contributed by atoms with Crippen molar-refractivity contribution >= 4 is 27.4 Å². The number of carbonyl (C=O) groups excluding carboxylic acids is 1. The summed E-state index contributed by atoms with van der Waals surface area (Å²) in [7, 11) is -4.04. The van der Waals surface area contributed by atoms with E-state index in [1.54, 1.807) is 0 Å². The van der Waals surface area contributed by atoms with Gasteiger partial charge in [0.2, 0.25) is 5.91 Å². The molecular formula is C11H11NO5S. The van der Waals surface area contributed by atoms with Crippen molar-refractivity contribution in [1.82, 2.24) is 0 Å². The highest BCUT2D eigenvalue weighted by molar-refractivity contribution is 7.94. The van der Waals surface area contributed by atoms with Gasteiger partial charge in [-0.25, -0.2) is 13.2 Å². The van der Waals surface area contributed by atoms with Gasteiger partial charge < -0.3 is 10.4 Å². The van der Waals surface area contributed by atoms with Gasteiger partial charge in [0.25, 0.3) is 0 Å². The molecule has 96 valence electrons. The normalized spacial score (nSPS) is 19.8. The minimum Gasteiger partial charge on any atom is -0.478 e. The molecule has 0 aromatic heterocycles. The van der Waals surface area contributed by atoms with Gasteiger partial charge in [0.1, 0.15) is 9.64 Å². The van der Waals surface area contributed by atoms with Gasteiger partial charge in [-0.2, -0.15) is 0 Å². The first-order valence-electron chi connectivity index (χ1n) is 5.12. The van der Waals surface area contributed by atoms with Crippen LogP contribution in [0.2, 0.25) is 0 Å². The molecule has 7 heteroatoms. The summed E-state index contributed by atoms with van der Waals surface area (Å²) in [6.07, 6.45) is 0. The fourth-order valence-corrected chi connectivity index (χ4v) is 3.40. The Kier molecular flexibility index (Phi) is 2.48. The summed E-state index contributed by atoms with van der Waals surface area (Å²) < 4.78 is 23.0. The Balaban J connectivity index is 2.88. The van der Waals surface area contributed by atoms with Crippen LogP contribution in [0.1, 0.15) is 24.2 Å². The van der Waals surface area contributed by atoms with Crippen molar-refractivity contribution in [3.05, 3.63) is 23.8 Å². The van der Waals surface area contributed by atoms with Crippen LogP contribution in [0.15, 0.2) is 23.1 Å². The molecule has 1 aromatic carbocycles. The van der Waals surface area contributed by atoms with Crippen LogP contribution < -0.4 is 5.32 Å². The molecule has 1 aliphatic rings. The minimum absolute atomic E-state index is 0.0132. The van der Waals surface area contributed by atoms with Crippen molar-refractivity contribution in [1.29, 1.82) is 0 Å². The summed E-state index contributed by atoms with van der Waals surface area (Å²) in [5.74, 6) is -2.01. The number of fused-ring (bicyclic) bond motifs is 1. The van der Waals surface area contributed by atoms with Crippen LogP contribution in [0, 0.1) is 0 Å². The summed E-state index contributed by atoms with van der Waals surface area (Å²) in [6, 6.07) is 3.95. The molecule has 1 amide bonds. The van der Waals surface area contributed by atoms with E-state index in [1.807, 2.05) is 0 Å². The molecule has 0 bridgehead atoms. The monoisotopic (exact) mass is 269 g/mol. The number of aromatic carboxylic acids is 1. The third kappa shape index (κ3) is 1.43. The molecular weight excluding hydrogens is 258 g/mol. The molecule has 0 saturated carbocycles. The predicted octanol–water partition coefficient (Wildman–Crippen LogP) is 0.889. The minimum atomic E-state index is -4.04. The number of rotatable bonds is 1. The quantitative estimate of drug-likeness (QED) is 0.788. The average Bonchev–Trinajstić information content (AvgIpc) is 2.26. The molecule has 0 saturated heterocycles. The molecule has 0 radical (unpaired) electrons. The maximum absolute atomic E-state index is 12.3. The Morgan fingerprint density at radius 3 is 2.50 bits per heavy atom. The number of amides is 1. The maximum Gasteiger partial charge on any atom is 0.337 e. The van der Waals surface area contributed by atoms with E-state index in [9.17, 15) is 18.0 Å². The Labute approximate surface area is 104 Å². The van der Waals surface area contributed by atoms with Gasteiger partial charge in [0.05, 0.1) is 11.3 Å². The molecule has 0 fully saturated rings. The number of carboxylic acids is 1. The van der Waals surface area contributed by atoms with E-state index in [2.05, 4.69) is 5.32 Å². The standard InChI is InChI=1S/C11H11NO5S/c1-11(2)10(15)12-7-5-3-4-6(9(13)14)8(7)18(11,16)17/h3-5H,1-2H3,(H,12,15)(H,13,14). The van der Waals surface area contributed by atoms with Gasteiger partial charge in [-0.15, -0.1) is 0 Å². The van der Waals surface area contributed by atoms with Crippen LogP contribution in [-0.4, -0.2) is 30.1 Å². The second-order valence-corrected chi connectivity index (χ2v) is 6.89. The number of hydrogen-bond donors (Lipinski definition) is 2. The van der Waals surface area contributed by atoms with Crippen molar-refractivity contribution < 1.29 is 23.1 Å². The Morgan fingerprint density at radius 2 is 1.94 bits per heavy atom. The topological polar surface area (TPSA) is 101 Å². The van der Waals surface area contributed by atoms with Crippen LogP contribution >= 0.6 is 0 Å². The Bertz CT molecular complexity index is 660. The van der Waals surface area contributed by atoms with Gasteiger partial charge in [0, 0.05) is 0 Å². The van der Waals surface area contributed by atoms with Crippen LogP contribution in [0.3, 0.4) is 0 Å². The highest BCUT2D eigenvalue weighted by Crippen LogP contribution is 2.38. The van der Waals surface area contributed by atoms with Gasteiger partial charge in [-0.3, -0.25) is 4.79 Å². The lowest BCUT2D eigenvalue weighted by atomic mass is 10.1. The predicted molar refractivity (Wildman–Crippen MR) is 63.3 cm³/mol. The van der Waals surface area contributed by atoms with E-state index in [-0.39, 0.29) is 16.1 Å². The van der Waals surface area contributed by atoms with Crippen LogP contribution in [0.25, 0.3) is 0 Å². The zero-order valence-corrected chi connectivity index (χ0v) is 10.5. The molecule has 18 heavy (non-hydrogen) atoms. The molecule has 2 N–H and O–H groups in total. The molecule has 1 heterocycles. The lowest BCUT2D eigenvalue weighted by Crippen LogP contribution is -2.48. The first-order chi connectivity index (χ1) is 8.19. The largest absolute Gasteiger partial charge is 0.478 e. The molecule has 0 spiro atoms. The number of carbonyl (C=O) groups is 2. The maximum atomic E-state index is 12.3. The molecule has 0 aliphatic carbocycles. The molecule has 2 rings (SSSR count). The lowest BCUT2D eigenvalue weighted by molar-refractivity contribution is -0.118. The Hall–Kier alpha value is -1.89. The first kappa shape index (κ1) is 12.6. The van der Waals surface area contributed by atoms with E-state index in [0.29, 0.717) is 0 Å². The van der Waals surface area contributed by atoms with Crippen molar-refractivity contribution in [2.24, 2.45) is 0 Å². The molecule has 0 atom stereocenters. The van der Waals surface area contributed by atoms with Gasteiger partial charge >= 0.3 is 5.97 Å².